The number of aromatic hydroxyl groups is 2. The maximum Gasteiger partial charge on any atom is 1.00 e. The van der Waals surface area contributed by atoms with Crippen LogP contribution in [-0.2, 0) is 56.9 Å². The number of rotatable bonds is 28. The minimum atomic E-state index is -2.24. The fourth-order valence-electron chi connectivity index (χ4n) is 10.3. The van der Waals surface area contributed by atoms with Gasteiger partial charge in [-0.05, 0) is 113 Å². The van der Waals surface area contributed by atoms with Gasteiger partial charge in [-0.25, -0.2) is 18.0 Å². The molecule has 26 heteroatoms. The number of ether oxygens (including phenoxy) is 6. The van der Waals surface area contributed by atoms with Crippen LogP contribution >= 0.6 is 18.5 Å². The van der Waals surface area contributed by atoms with E-state index in [0.29, 0.717) is 79.2 Å². The molecule has 0 aliphatic carbocycles. The third kappa shape index (κ3) is 37.1. The Morgan fingerprint density at radius 3 is 1.22 bits per heavy atom. The molecule has 0 saturated heterocycles. The van der Waals surface area contributed by atoms with Crippen molar-refractivity contribution in [2.75, 3.05) is 19.1 Å². The maximum absolute atomic E-state index is 13.1. The first kappa shape index (κ1) is 105. The minimum Gasteiger partial charge on any atom is -1.00 e. The van der Waals surface area contributed by atoms with Crippen LogP contribution in [0.25, 0.3) is 11.0 Å². The number of hydrogen-bond donors (Lipinski definition) is 3. The number of aryl methyl sites for hydroxylation is 1. The minimum absolute atomic E-state index is 0. The van der Waals surface area contributed by atoms with E-state index in [0.717, 1.165) is 61.3 Å². The van der Waals surface area contributed by atoms with Gasteiger partial charge in [-0.2, -0.15) is 0 Å². The number of aldehydes is 4. The van der Waals surface area contributed by atoms with Crippen LogP contribution in [0.1, 0.15) is 90.8 Å². The quantitative estimate of drug-likeness (QED) is 0.00781. The molecule has 12 aromatic rings. The molecule has 19 nitrogen and oxygen atoms in total. The van der Waals surface area contributed by atoms with Gasteiger partial charge >= 0.3 is 109 Å². The van der Waals surface area contributed by atoms with E-state index in [4.69, 9.17) is 64.4 Å². The van der Waals surface area contributed by atoms with Crippen LogP contribution in [-0.4, -0.2) is 84.3 Å². The number of hydrogen-bond acceptors (Lipinski definition) is 18. The fraction of sp³-hybridized carbons (Fsp3) is 0.118. The van der Waals surface area contributed by atoms with Gasteiger partial charge < -0.3 is 59.7 Å². The number of benzene rings is 11. The molecule has 0 bridgehead atoms. The van der Waals surface area contributed by atoms with Crippen LogP contribution in [0.4, 0.5) is 13.2 Å². The predicted octanol–water partition coefficient (Wildman–Crippen LogP) is 12.6. The van der Waals surface area contributed by atoms with Gasteiger partial charge in [0.05, 0.1) is 46.0 Å². The first-order valence-electron chi connectivity index (χ1n) is 35.1. The number of esters is 1. The smallest absolute Gasteiger partial charge is 1.00 e. The first-order chi connectivity index (χ1) is 56.2. The predicted molar refractivity (Wildman–Crippen MR) is 450 cm³/mol. The molecule has 0 amide bonds. The summed E-state index contributed by atoms with van der Waals surface area (Å²) in [7, 11) is 0. The van der Waals surface area contributed by atoms with Gasteiger partial charge in [0, 0.05) is 29.9 Å². The average Bonchev–Trinajstić information content (AvgIpc) is 0.960. The molecule has 610 valence electrons. The molecule has 0 spiro atoms. The van der Waals surface area contributed by atoms with Gasteiger partial charge in [-0.1, -0.05) is 239 Å². The number of carboxylic acid groups (broad SMARTS) is 1. The Kier molecular flexibility index (Phi) is 52.7. The van der Waals surface area contributed by atoms with E-state index in [9.17, 15) is 47.4 Å². The number of phenolic OH excluding ortho intramolecular Hbond substituents is 2. The summed E-state index contributed by atoms with van der Waals surface area (Å²) < 4.78 is 75.5. The Balaban J connectivity index is 0.000000721. The molecule has 0 atom stereocenters. The summed E-state index contributed by atoms with van der Waals surface area (Å²) in [5, 5.41) is 39.0. The summed E-state index contributed by atoms with van der Waals surface area (Å²) in [5.41, 5.74) is 6.16. The zero-order valence-electron chi connectivity index (χ0n) is 66.2. The molecule has 3 N–H and O–H groups in total. The van der Waals surface area contributed by atoms with Gasteiger partial charge in [0.2, 0.25) is 0 Å². The number of carbonyl (C=O) groups is 7. The number of allylic oxidation sites excluding steroid dienone is 2. The van der Waals surface area contributed by atoms with Crippen molar-refractivity contribution in [2.24, 2.45) is 0 Å². The van der Waals surface area contributed by atoms with Gasteiger partial charge in [-0.3, -0.25) is 28.8 Å². The third-order valence-electron chi connectivity index (χ3n) is 15.5. The van der Waals surface area contributed by atoms with Crippen molar-refractivity contribution < 1.29 is 209 Å². The van der Waals surface area contributed by atoms with E-state index in [1.54, 1.807) is 42.2 Å². The Morgan fingerprint density at radius 1 is 0.487 bits per heavy atom. The molecule has 1 aromatic heterocycles. The van der Waals surface area contributed by atoms with Crippen molar-refractivity contribution >= 4 is 95.2 Å². The summed E-state index contributed by atoms with van der Waals surface area (Å²) >= 11 is 4.86. The van der Waals surface area contributed by atoms with Crippen LogP contribution in [0.3, 0.4) is 0 Å². The van der Waals surface area contributed by atoms with Crippen molar-refractivity contribution in [3.05, 3.63) is 372 Å². The number of halogens is 4. The Bertz CT molecular complexity index is 5020. The topological polar surface area (TPSA) is 281 Å². The summed E-state index contributed by atoms with van der Waals surface area (Å²) in [6.45, 7) is 11.9. The monoisotopic (exact) mass is 1710 g/mol. The van der Waals surface area contributed by atoms with Crippen molar-refractivity contribution in [3.8, 4) is 40.2 Å². The number of phenols is 2. The van der Waals surface area contributed by atoms with Crippen molar-refractivity contribution in [3.63, 3.8) is 0 Å². The van der Waals surface area contributed by atoms with Gasteiger partial charge in [0.25, 0.3) is 12.9 Å². The number of alkyl halides is 1. The molecule has 0 fully saturated rings. The average molecular weight is 1710 g/mol. The Labute approximate surface area is 781 Å². The molecule has 119 heavy (non-hydrogen) atoms. The molecular weight excluding hydrogens is 1620 g/mol. The van der Waals surface area contributed by atoms with Crippen molar-refractivity contribution in [1.82, 2.24) is 0 Å². The van der Waals surface area contributed by atoms with Crippen LogP contribution < -0.4 is 148 Å². The summed E-state index contributed by atoms with van der Waals surface area (Å²) in [6.07, 6.45) is 2.37. The molecule has 0 aliphatic rings. The van der Waals surface area contributed by atoms with Crippen LogP contribution in [0.5, 0.6) is 40.2 Å². The van der Waals surface area contributed by atoms with E-state index in [1.165, 1.54) is 18.2 Å². The second-order valence-corrected chi connectivity index (χ2v) is 27.3. The molecule has 1 heterocycles. The van der Waals surface area contributed by atoms with Gasteiger partial charge in [0.1, 0.15) is 96.3 Å². The third-order valence-corrected chi connectivity index (χ3v) is 19.8. The van der Waals surface area contributed by atoms with E-state index in [2.05, 4.69) is 61.0 Å². The van der Waals surface area contributed by atoms with Gasteiger partial charge in [-0.15, -0.1) is 11.6 Å². The normalized spacial score (nSPS) is 9.64. The first-order valence-corrected chi connectivity index (χ1v) is 37.5. The molecule has 11 aromatic carbocycles. The zero-order valence-corrected chi connectivity index (χ0v) is 73.1. The van der Waals surface area contributed by atoms with Crippen molar-refractivity contribution in [1.29, 1.82) is 0 Å². The maximum atomic E-state index is 13.1. The number of furan rings is 1. The molecule has 0 radical (unpaired) electrons. The van der Waals surface area contributed by atoms with E-state index in [1.807, 2.05) is 202 Å². The standard InChI is InChI=1S/C22H21O2P.2C17H15FO3.C17H14O3.C14H12O3.C3H4ClF.CH2O3.CH2O2.CH4.2K.H/c1-2-24-22(23)18-25(19-12-6-3-7-13-19,20-14-8-4-9-15-20)21-16-10-5-11-17-21;1-13(18)11-21-17-9-16(8-7-15(17)10-19)20-12-14-5-3-2-4-6-14;1-12(18)9-15-16(8-7-14(10-19)17(15)20)21-11-13-5-3-2-4-6-13;1-12-9-15-16(8-7-14(10-18)17(15)20-12)19-11-13-5-3-2-4-6-13;15-9-12-6-7-13(8-14(12)16)17-10-11-4-2-1-3-5-11;1-3(5)2-4;2-1-4-3;2-1-3;;;;/h3-18H,2H2,1H3;2-10H,1,11-12H2;2-8,10,20H,1,9,11H2;2-10H,11H2,1H3;1-9,16H,10H2;1-2H2;1,3H;1H,(H,2,3);1H4;;;/q;;;;;;;;;2*+1;-1/p-1. The second kappa shape index (κ2) is 60.0. The number of fused-ring (bicyclic) bond motifs is 1. The zero-order chi connectivity index (χ0) is 84.3. The SMILES string of the molecule is C.C=C(F)CCl.C=C(F)COc1cc(OCc2ccccc2)ccc1C=O.C=C(F)Cc1c(OCc2ccccc2)ccc(C=O)c1O.CCOC(=O)C=P(c1ccccc1)(c1ccccc1)c1ccccc1.Cc1cc2c(OCc3ccccc3)ccc(C=O)c2o1.O=CO.O=CO[O-].O=Cc1ccc(OCc2ccccc2)cc1O.[H-].[K+].[K+]. The molecule has 0 saturated carbocycles. The summed E-state index contributed by atoms with van der Waals surface area (Å²) in [5.74, 6) is 2.59. The molecular formula is C93H89ClF3K2O19P. The molecule has 0 unspecified atom stereocenters. The van der Waals surface area contributed by atoms with Crippen molar-refractivity contribution in [2.45, 2.75) is 54.1 Å². The second-order valence-electron chi connectivity index (χ2n) is 23.8. The largest absolute Gasteiger partial charge is 1.00 e. The van der Waals surface area contributed by atoms with E-state index in [-0.39, 0.29) is 190 Å². The van der Waals surface area contributed by atoms with Crippen LogP contribution in [0.15, 0.2) is 321 Å². The Morgan fingerprint density at radius 2 is 0.849 bits per heavy atom. The van der Waals surface area contributed by atoms with Crippen LogP contribution in [0.2, 0.25) is 0 Å². The van der Waals surface area contributed by atoms with E-state index >= 15 is 0 Å². The van der Waals surface area contributed by atoms with E-state index < -0.39 is 24.4 Å². The fourth-order valence-corrected chi connectivity index (χ4v) is 14.0. The Hall–Kier alpha value is -10.5. The van der Waals surface area contributed by atoms with Gasteiger partial charge in [0.15, 0.2) is 25.1 Å². The van der Waals surface area contributed by atoms with Crippen LogP contribution in [0, 0.1) is 6.92 Å². The summed E-state index contributed by atoms with van der Waals surface area (Å²) in [4.78, 5) is 75.4. The number of carbonyl (C=O) groups excluding carboxylic acids is 6. The summed E-state index contributed by atoms with van der Waals surface area (Å²) in [6, 6.07) is 87.4. The molecule has 12 rings (SSSR count). The molecule has 0 aliphatic heterocycles.